The van der Waals surface area contributed by atoms with E-state index in [0.29, 0.717) is 17.9 Å². The van der Waals surface area contributed by atoms with Gasteiger partial charge >= 0.3 is 5.97 Å². The molecule has 1 fully saturated rings. The molecule has 1 aliphatic rings. The van der Waals surface area contributed by atoms with Gasteiger partial charge in [-0.15, -0.1) is 11.3 Å². The summed E-state index contributed by atoms with van der Waals surface area (Å²) in [5, 5.41) is 2.65. The van der Waals surface area contributed by atoms with Crippen molar-refractivity contribution in [2.24, 2.45) is 5.92 Å². The van der Waals surface area contributed by atoms with Crippen LogP contribution >= 0.6 is 11.3 Å². The summed E-state index contributed by atoms with van der Waals surface area (Å²) < 4.78 is 12.6. The Hall–Kier alpha value is -3.46. The Bertz CT molecular complexity index is 1170. The minimum atomic E-state index is -0.611. The van der Waals surface area contributed by atoms with Gasteiger partial charge in [0, 0.05) is 47.2 Å². The van der Waals surface area contributed by atoms with Crippen molar-refractivity contribution in [2.75, 3.05) is 24.7 Å². The third kappa shape index (κ3) is 4.68. The molecule has 1 unspecified atom stereocenters. The highest BCUT2D eigenvalue weighted by Crippen LogP contribution is 2.28. The van der Waals surface area contributed by atoms with E-state index in [-0.39, 0.29) is 31.3 Å². The molecular formula is C24H25N3O5S. The van der Waals surface area contributed by atoms with E-state index in [1.54, 1.807) is 41.4 Å². The van der Waals surface area contributed by atoms with Gasteiger partial charge in [0.05, 0.1) is 12.5 Å². The number of ketones is 1. The van der Waals surface area contributed by atoms with Crippen molar-refractivity contribution in [3.05, 3.63) is 58.9 Å². The van der Waals surface area contributed by atoms with E-state index in [1.807, 2.05) is 30.7 Å². The van der Waals surface area contributed by atoms with Gasteiger partial charge in [-0.2, -0.15) is 0 Å². The number of nitrogens with zero attached hydrogens (tertiary/aromatic N) is 3. The lowest BCUT2D eigenvalue weighted by molar-refractivity contribution is -0.147. The average molecular weight is 468 g/mol. The molecule has 3 heterocycles. The first-order chi connectivity index (χ1) is 15.9. The SMILES string of the molecule is CCOc1ccc(N2CC(C(=O)OCC(=O)c3cc(C)n(-c4nccs4)c3C)CC2=O)cc1. The standard InChI is InChI=1S/C24H25N3O5S/c1-4-31-19-7-5-18(6-8-19)26-13-17(12-22(26)29)23(30)32-14-21(28)20-11-15(2)27(16(20)3)24-25-9-10-33-24/h5-11,17H,4,12-14H2,1-3H3. The van der Waals surface area contributed by atoms with Gasteiger partial charge in [0.1, 0.15) is 5.75 Å². The number of Topliss-reactive ketones (excluding diaryl/α,β-unsaturated/α-hetero) is 1. The molecule has 0 aliphatic carbocycles. The maximum atomic E-state index is 12.8. The smallest absolute Gasteiger partial charge is 0.311 e. The summed E-state index contributed by atoms with van der Waals surface area (Å²) in [6, 6.07) is 8.94. The van der Waals surface area contributed by atoms with Crippen molar-refractivity contribution in [2.45, 2.75) is 27.2 Å². The number of carbonyl (C=O) groups is 3. The number of anilines is 1. The highest BCUT2D eigenvalue weighted by atomic mass is 32.1. The maximum absolute atomic E-state index is 12.8. The number of ether oxygens (including phenoxy) is 2. The second-order valence-corrected chi connectivity index (χ2v) is 8.67. The lowest BCUT2D eigenvalue weighted by Crippen LogP contribution is -2.27. The number of amides is 1. The van der Waals surface area contributed by atoms with Crippen molar-refractivity contribution < 1.29 is 23.9 Å². The summed E-state index contributed by atoms with van der Waals surface area (Å²) in [6.45, 7) is 6.05. The van der Waals surface area contributed by atoms with Crippen LogP contribution in [0, 0.1) is 19.8 Å². The Morgan fingerprint density at radius 2 is 1.97 bits per heavy atom. The largest absolute Gasteiger partial charge is 0.494 e. The third-order valence-electron chi connectivity index (χ3n) is 5.61. The Morgan fingerprint density at radius 1 is 1.21 bits per heavy atom. The van der Waals surface area contributed by atoms with Crippen LogP contribution in [-0.4, -0.2) is 47.0 Å². The van der Waals surface area contributed by atoms with Crippen molar-refractivity contribution in [1.82, 2.24) is 9.55 Å². The molecule has 0 bridgehead atoms. The van der Waals surface area contributed by atoms with Crippen molar-refractivity contribution in [3.63, 3.8) is 0 Å². The van der Waals surface area contributed by atoms with Crippen LogP contribution in [0.15, 0.2) is 41.9 Å². The van der Waals surface area contributed by atoms with Gasteiger partial charge < -0.3 is 14.4 Å². The van der Waals surface area contributed by atoms with Crippen LogP contribution in [0.2, 0.25) is 0 Å². The van der Waals surface area contributed by atoms with E-state index in [1.165, 1.54) is 11.3 Å². The van der Waals surface area contributed by atoms with Gasteiger partial charge in [0.2, 0.25) is 11.7 Å². The summed E-state index contributed by atoms with van der Waals surface area (Å²) in [7, 11) is 0. The summed E-state index contributed by atoms with van der Waals surface area (Å²) in [4.78, 5) is 43.7. The van der Waals surface area contributed by atoms with E-state index in [9.17, 15) is 14.4 Å². The fourth-order valence-corrected chi connectivity index (χ4v) is 4.75. The molecule has 172 valence electrons. The highest BCUT2D eigenvalue weighted by molar-refractivity contribution is 7.12. The summed E-state index contributed by atoms with van der Waals surface area (Å²) in [6.07, 6.45) is 1.76. The number of esters is 1. The van der Waals surface area contributed by atoms with E-state index >= 15 is 0 Å². The van der Waals surface area contributed by atoms with Gasteiger partial charge in [0.25, 0.3) is 0 Å². The Morgan fingerprint density at radius 3 is 2.64 bits per heavy atom. The van der Waals surface area contributed by atoms with Crippen LogP contribution in [0.3, 0.4) is 0 Å². The zero-order chi connectivity index (χ0) is 23.5. The lowest BCUT2D eigenvalue weighted by Gasteiger charge is -2.17. The van der Waals surface area contributed by atoms with Crippen LogP contribution < -0.4 is 9.64 Å². The predicted octanol–water partition coefficient (Wildman–Crippen LogP) is 3.73. The van der Waals surface area contributed by atoms with Crippen molar-refractivity contribution in [1.29, 1.82) is 0 Å². The van der Waals surface area contributed by atoms with E-state index in [2.05, 4.69) is 4.98 Å². The van der Waals surface area contributed by atoms with Gasteiger partial charge in [-0.25, -0.2) is 4.98 Å². The molecule has 0 radical (unpaired) electrons. The van der Waals surface area contributed by atoms with Crippen LogP contribution in [0.25, 0.3) is 5.13 Å². The minimum absolute atomic E-state index is 0.0544. The highest BCUT2D eigenvalue weighted by Gasteiger charge is 2.36. The van der Waals surface area contributed by atoms with Crippen molar-refractivity contribution >= 4 is 34.7 Å². The molecular weight excluding hydrogens is 442 g/mol. The maximum Gasteiger partial charge on any atom is 0.311 e. The number of hydrogen-bond donors (Lipinski definition) is 0. The fourth-order valence-electron chi connectivity index (χ4n) is 4.00. The first kappa shape index (κ1) is 22.7. The van der Waals surface area contributed by atoms with Crippen molar-refractivity contribution in [3.8, 4) is 10.9 Å². The Labute approximate surface area is 195 Å². The molecule has 33 heavy (non-hydrogen) atoms. The molecule has 1 saturated heterocycles. The quantitative estimate of drug-likeness (QED) is 0.370. The predicted molar refractivity (Wildman–Crippen MR) is 124 cm³/mol. The molecule has 0 saturated carbocycles. The second-order valence-electron chi connectivity index (χ2n) is 7.80. The number of carbonyl (C=O) groups excluding carboxylic acids is 3. The molecule has 0 spiro atoms. The molecule has 9 heteroatoms. The number of benzene rings is 1. The summed E-state index contributed by atoms with van der Waals surface area (Å²) in [5.74, 6) is -0.874. The Balaban J connectivity index is 1.37. The molecule has 1 aliphatic heterocycles. The number of rotatable bonds is 8. The topological polar surface area (TPSA) is 90.7 Å². The van der Waals surface area contributed by atoms with Crippen LogP contribution in [0.1, 0.15) is 35.1 Å². The van der Waals surface area contributed by atoms with Gasteiger partial charge in [-0.05, 0) is 51.1 Å². The first-order valence-electron chi connectivity index (χ1n) is 10.7. The Kier molecular flexibility index (Phi) is 6.60. The molecule has 1 aromatic carbocycles. The van der Waals surface area contributed by atoms with Gasteiger partial charge in [-0.1, -0.05) is 0 Å². The molecule has 8 nitrogen and oxygen atoms in total. The monoisotopic (exact) mass is 467 g/mol. The van der Waals surface area contributed by atoms with Crippen LogP contribution in [0.5, 0.6) is 5.75 Å². The van der Waals surface area contributed by atoms with Crippen LogP contribution in [-0.2, 0) is 14.3 Å². The number of aromatic nitrogens is 2. The van der Waals surface area contributed by atoms with E-state index in [0.717, 1.165) is 22.3 Å². The molecule has 0 N–H and O–H groups in total. The van der Waals surface area contributed by atoms with E-state index < -0.39 is 11.9 Å². The molecule has 2 aromatic heterocycles. The number of hydrogen-bond acceptors (Lipinski definition) is 7. The number of aryl methyl sites for hydroxylation is 1. The van der Waals surface area contributed by atoms with Gasteiger partial charge in [-0.3, -0.25) is 19.0 Å². The first-order valence-corrected chi connectivity index (χ1v) is 11.6. The lowest BCUT2D eigenvalue weighted by atomic mass is 10.1. The number of thiazole rings is 1. The molecule has 4 rings (SSSR count). The normalized spacial score (nSPS) is 15.7. The molecule has 1 atom stereocenters. The minimum Gasteiger partial charge on any atom is -0.494 e. The second kappa shape index (κ2) is 9.58. The average Bonchev–Trinajstić information content (AvgIpc) is 3.52. The third-order valence-corrected chi connectivity index (χ3v) is 6.36. The zero-order valence-corrected chi connectivity index (χ0v) is 19.6. The fraction of sp³-hybridized carbons (Fsp3) is 0.333. The summed E-state index contributed by atoms with van der Waals surface area (Å²) >= 11 is 1.48. The molecule has 1 amide bonds. The summed E-state index contributed by atoms with van der Waals surface area (Å²) in [5.41, 5.74) is 2.82. The zero-order valence-electron chi connectivity index (χ0n) is 18.7. The van der Waals surface area contributed by atoms with E-state index in [4.69, 9.17) is 9.47 Å². The molecule has 3 aromatic rings. The van der Waals surface area contributed by atoms with Gasteiger partial charge in [0.15, 0.2) is 11.7 Å². The van der Waals surface area contributed by atoms with Crippen LogP contribution in [0.4, 0.5) is 5.69 Å².